The number of hydrogen-bond acceptors (Lipinski definition) is 5. The lowest BCUT2D eigenvalue weighted by atomic mass is 9.89. The van der Waals surface area contributed by atoms with Crippen LogP contribution in [0.5, 0.6) is 0 Å². The van der Waals surface area contributed by atoms with Gasteiger partial charge in [-0.25, -0.2) is 0 Å². The van der Waals surface area contributed by atoms with E-state index in [2.05, 4.69) is 10.6 Å². The summed E-state index contributed by atoms with van der Waals surface area (Å²) in [5, 5.41) is 17.7. The van der Waals surface area contributed by atoms with E-state index in [1.54, 1.807) is 19.2 Å². The summed E-state index contributed by atoms with van der Waals surface area (Å²) in [6.45, 7) is 2.75. The molecule has 6 nitrogen and oxygen atoms in total. The lowest BCUT2D eigenvalue weighted by Gasteiger charge is -2.35. The van der Waals surface area contributed by atoms with Gasteiger partial charge in [0, 0.05) is 19.7 Å². The van der Waals surface area contributed by atoms with Crippen molar-refractivity contribution < 1.29 is 9.66 Å². The van der Waals surface area contributed by atoms with Crippen molar-refractivity contribution in [3.8, 4) is 0 Å². The third-order valence-electron chi connectivity index (χ3n) is 3.57. The number of para-hydroxylation sites is 1. The maximum Gasteiger partial charge on any atom is 0.315 e. The number of nitro groups is 1. The third kappa shape index (κ3) is 3.19. The molecule has 1 aliphatic rings. The third-order valence-corrected chi connectivity index (χ3v) is 3.57. The van der Waals surface area contributed by atoms with Crippen LogP contribution in [-0.2, 0) is 4.74 Å². The van der Waals surface area contributed by atoms with Crippen LogP contribution < -0.4 is 10.6 Å². The van der Waals surface area contributed by atoms with Gasteiger partial charge in [-0.15, -0.1) is 0 Å². The van der Waals surface area contributed by atoms with Gasteiger partial charge in [-0.3, -0.25) is 10.1 Å². The van der Waals surface area contributed by atoms with Gasteiger partial charge >= 0.3 is 5.69 Å². The fourth-order valence-corrected chi connectivity index (χ4v) is 2.35. The number of nitrogens with zero attached hydrogens (tertiary/aromatic N) is 1. The Balaban J connectivity index is 2.13. The van der Waals surface area contributed by atoms with Gasteiger partial charge in [0.05, 0.1) is 11.0 Å². The molecule has 1 fully saturated rings. The number of methoxy groups -OCH3 is 1. The molecule has 1 aliphatic carbocycles. The van der Waals surface area contributed by atoms with E-state index in [1.165, 1.54) is 0 Å². The predicted molar refractivity (Wildman–Crippen MR) is 79.3 cm³/mol. The zero-order valence-electron chi connectivity index (χ0n) is 11.9. The molecule has 0 radical (unpaired) electrons. The standard InChI is InChI=1S/C14H21N3O3/c1-3-7-15-12-5-4-6-13(14(12)17(18)19)16-10-8-11(9-10)20-2/h4-6,10-11,15-16H,3,7-9H2,1-2H3. The summed E-state index contributed by atoms with van der Waals surface area (Å²) in [6, 6.07) is 5.59. The number of nitro benzene ring substituents is 1. The molecule has 0 unspecified atom stereocenters. The molecule has 0 heterocycles. The van der Waals surface area contributed by atoms with Crippen LogP contribution in [0.3, 0.4) is 0 Å². The number of rotatable bonds is 7. The maximum absolute atomic E-state index is 11.3. The highest BCUT2D eigenvalue weighted by Gasteiger charge is 2.31. The Kier molecular flexibility index (Phi) is 4.79. The number of nitrogens with one attached hydrogen (secondary N) is 2. The molecule has 0 aromatic heterocycles. The Bertz CT molecular complexity index is 473. The molecule has 2 N–H and O–H groups in total. The minimum Gasteiger partial charge on any atom is -0.381 e. The molecular weight excluding hydrogens is 258 g/mol. The Morgan fingerprint density at radius 1 is 1.40 bits per heavy atom. The Hall–Kier alpha value is -1.82. The molecule has 0 aliphatic heterocycles. The fraction of sp³-hybridized carbons (Fsp3) is 0.571. The lowest BCUT2D eigenvalue weighted by Crippen LogP contribution is -2.40. The van der Waals surface area contributed by atoms with Crippen molar-refractivity contribution in [2.75, 3.05) is 24.3 Å². The van der Waals surface area contributed by atoms with Crippen LogP contribution in [0.4, 0.5) is 17.1 Å². The average molecular weight is 279 g/mol. The molecule has 0 atom stereocenters. The highest BCUT2D eigenvalue weighted by molar-refractivity contribution is 5.76. The molecular formula is C14H21N3O3. The summed E-state index contributed by atoms with van der Waals surface area (Å²) in [4.78, 5) is 11.0. The number of hydrogen-bond donors (Lipinski definition) is 2. The zero-order chi connectivity index (χ0) is 14.5. The van der Waals surface area contributed by atoms with Crippen LogP contribution >= 0.6 is 0 Å². The normalized spacial score (nSPS) is 21.1. The van der Waals surface area contributed by atoms with Crippen molar-refractivity contribution in [1.29, 1.82) is 0 Å². The Morgan fingerprint density at radius 2 is 2.10 bits per heavy atom. The summed E-state index contributed by atoms with van der Waals surface area (Å²) < 4.78 is 5.22. The molecule has 2 rings (SSSR count). The lowest BCUT2D eigenvalue weighted by molar-refractivity contribution is -0.383. The van der Waals surface area contributed by atoms with Crippen molar-refractivity contribution in [1.82, 2.24) is 0 Å². The summed E-state index contributed by atoms with van der Waals surface area (Å²) in [5.41, 5.74) is 1.28. The topological polar surface area (TPSA) is 76.4 Å². The largest absolute Gasteiger partial charge is 0.381 e. The van der Waals surface area contributed by atoms with Gasteiger partial charge in [0.1, 0.15) is 11.4 Å². The van der Waals surface area contributed by atoms with Crippen LogP contribution in [-0.4, -0.2) is 30.7 Å². The molecule has 6 heteroatoms. The van der Waals surface area contributed by atoms with Crippen LogP contribution in [0.1, 0.15) is 26.2 Å². The first-order valence-electron chi connectivity index (χ1n) is 6.96. The fourth-order valence-electron chi connectivity index (χ4n) is 2.35. The average Bonchev–Trinajstić information content (AvgIpc) is 2.39. The monoisotopic (exact) mass is 279 g/mol. The van der Waals surface area contributed by atoms with E-state index >= 15 is 0 Å². The number of ether oxygens (including phenoxy) is 1. The van der Waals surface area contributed by atoms with E-state index in [4.69, 9.17) is 4.74 Å². The van der Waals surface area contributed by atoms with Crippen molar-refractivity contribution in [2.24, 2.45) is 0 Å². The molecule has 1 aromatic rings. The van der Waals surface area contributed by atoms with Crippen molar-refractivity contribution in [3.05, 3.63) is 28.3 Å². The van der Waals surface area contributed by atoms with Crippen LogP contribution in [0.2, 0.25) is 0 Å². The molecule has 0 spiro atoms. The summed E-state index contributed by atoms with van der Waals surface area (Å²) in [5.74, 6) is 0. The van der Waals surface area contributed by atoms with E-state index in [0.29, 0.717) is 11.4 Å². The van der Waals surface area contributed by atoms with Crippen LogP contribution in [0.25, 0.3) is 0 Å². The highest BCUT2D eigenvalue weighted by atomic mass is 16.6. The SMILES string of the molecule is CCCNc1cccc(NC2CC(OC)C2)c1[N+](=O)[O-]. The Morgan fingerprint density at radius 3 is 2.70 bits per heavy atom. The first-order chi connectivity index (χ1) is 9.65. The van der Waals surface area contributed by atoms with Crippen molar-refractivity contribution in [3.63, 3.8) is 0 Å². The van der Waals surface area contributed by atoms with Gasteiger partial charge in [-0.2, -0.15) is 0 Å². The molecule has 0 saturated heterocycles. The van der Waals surface area contributed by atoms with Gasteiger partial charge in [-0.1, -0.05) is 13.0 Å². The van der Waals surface area contributed by atoms with E-state index < -0.39 is 0 Å². The zero-order valence-corrected chi connectivity index (χ0v) is 11.9. The molecule has 1 aromatic carbocycles. The summed E-state index contributed by atoms with van der Waals surface area (Å²) in [6.07, 6.45) is 2.97. The summed E-state index contributed by atoms with van der Waals surface area (Å²) >= 11 is 0. The quantitative estimate of drug-likeness (QED) is 0.592. The molecule has 1 saturated carbocycles. The second-order valence-electron chi connectivity index (χ2n) is 5.06. The second-order valence-corrected chi connectivity index (χ2v) is 5.06. The smallest absolute Gasteiger partial charge is 0.315 e. The minimum absolute atomic E-state index is 0.127. The van der Waals surface area contributed by atoms with Gasteiger partial charge in [-0.05, 0) is 31.4 Å². The maximum atomic E-state index is 11.3. The molecule has 110 valence electrons. The van der Waals surface area contributed by atoms with E-state index in [0.717, 1.165) is 25.8 Å². The predicted octanol–water partition coefficient (Wildman–Crippen LogP) is 3.01. The number of anilines is 2. The van der Waals surface area contributed by atoms with Gasteiger partial charge in [0.25, 0.3) is 0 Å². The van der Waals surface area contributed by atoms with Crippen molar-refractivity contribution >= 4 is 17.1 Å². The molecule has 0 amide bonds. The second kappa shape index (κ2) is 6.56. The molecule has 20 heavy (non-hydrogen) atoms. The summed E-state index contributed by atoms with van der Waals surface area (Å²) in [7, 11) is 1.69. The Labute approximate surface area is 118 Å². The van der Waals surface area contributed by atoms with Gasteiger partial charge in [0.15, 0.2) is 0 Å². The van der Waals surface area contributed by atoms with E-state index in [9.17, 15) is 10.1 Å². The first kappa shape index (κ1) is 14.6. The van der Waals surface area contributed by atoms with Gasteiger partial charge < -0.3 is 15.4 Å². The first-order valence-corrected chi connectivity index (χ1v) is 6.96. The highest BCUT2D eigenvalue weighted by Crippen LogP contribution is 2.35. The molecule has 0 bridgehead atoms. The van der Waals surface area contributed by atoms with Crippen LogP contribution in [0, 0.1) is 10.1 Å². The van der Waals surface area contributed by atoms with Crippen LogP contribution in [0.15, 0.2) is 18.2 Å². The van der Waals surface area contributed by atoms with E-state index in [-0.39, 0.29) is 22.8 Å². The number of benzene rings is 1. The van der Waals surface area contributed by atoms with E-state index in [1.807, 2.05) is 13.0 Å². The van der Waals surface area contributed by atoms with Crippen molar-refractivity contribution in [2.45, 2.75) is 38.3 Å². The van der Waals surface area contributed by atoms with Gasteiger partial charge in [0.2, 0.25) is 0 Å². The minimum atomic E-state index is -0.327.